The largest absolute Gasteiger partial charge is 0.310 e. The lowest BCUT2D eigenvalue weighted by atomic mass is 9.95. The monoisotopic (exact) mass is 335 g/mol. The van der Waals surface area contributed by atoms with E-state index < -0.39 is 17.1 Å². The number of benzene rings is 1. The van der Waals surface area contributed by atoms with Crippen molar-refractivity contribution in [1.29, 1.82) is 0 Å². The topological polar surface area (TPSA) is 91.3 Å². The highest BCUT2D eigenvalue weighted by Crippen LogP contribution is 2.32. The van der Waals surface area contributed by atoms with Gasteiger partial charge in [-0.25, -0.2) is 18.3 Å². The first kappa shape index (κ1) is 15.7. The quantitative estimate of drug-likeness (QED) is 0.745. The smallest absolute Gasteiger partial charge is 0.232 e. The van der Waals surface area contributed by atoms with Crippen molar-refractivity contribution in [1.82, 2.24) is 9.71 Å². The maximum Gasteiger partial charge on any atom is 0.232 e. The van der Waals surface area contributed by atoms with Crippen LogP contribution in [0.4, 0.5) is 10.2 Å². The zero-order valence-corrected chi connectivity index (χ0v) is 12.8. The van der Waals surface area contributed by atoms with Crippen LogP contribution in [0.25, 0.3) is 11.1 Å². The van der Waals surface area contributed by atoms with E-state index in [0.29, 0.717) is 29.8 Å². The number of halogens is 1. The molecule has 0 bridgehead atoms. The van der Waals surface area contributed by atoms with Crippen LogP contribution in [0.2, 0.25) is 0 Å². The van der Waals surface area contributed by atoms with Gasteiger partial charge in [-0.1, -0.05) is 12.1 Å². The van der Waals surface area contributed by atoms with Crippen molar-refractivity contribution >= 4 is 23.0 Å². The van der Waals surface area contributed by atoms with Crippen molar-refractivity contribution in [3.63, 3.8) is 0 Å². The summed E-state index contributed by atoms with van der Waals surface area (Å²) in [6.45, 7) is -0.0419. The zero-order valence-electron chi connectivity index (χ0n) is 12.0. The SMILES string of the molecule is O=C1CCc2c(-c3ccc(CNS(=O)O)c(F)c3)ccnc2N1. The van der Waals surface area contributed by atoms with Crippen LogP contribution in [-0.2, 0) is 29.0 Å². The number of hydrogen-bond donors (Lipinski definition) is 3. The van der Waals surface area contributed by atoms with E-state index in [1.54, 1.807) is 24.4 Å². The maximum absolute atomic E-state index is 14.2. The first-order valence-electron chi connectivity index (χ1n) is 6.95. The highest BCUT2D eigenvalue weighted by molar-refractivity contribution is 7.77. The summed E-state index contributed by atoms with van der Waals surface area (Å²) < 4.78 is 35.7. The molecule has 1 amide bonds. The van der Waals surface area contributed by atoms with Crippen molar-refractivity contribution in [2.45, 2.75) is 19.4 Å². The molecule has 1 aliphatic heterocycles. The molecular weight excluding hydrogens is 321 g/mol. The van der Waals surface area contributed by atoms with Crippen LogP contribution >= 0.6 is 0 Å². The van der Waals surface area contributed by atoms with Gasteiger partial charge in [0.15, 0.2) is 0 Å². The van der Waals surface area contributed by atoms with E-state index in [0.717, 1.165) is 11.1 Å². The third-order valence-corrected chi connectivity index (χ3v) is 4.06. The third-order valence-electron chi connectivity index (χ3n) is 3.67. The molecule has 1 atom stereocenters. The Kier molecular flexibility index (Phi) is 4.46. The van der Waals surface area contributed by atoms with Crippen molar-refractivity contribution in [3.05, 3.63) is 47.4 Å². The second kappa shape index (κ2) is 6.53. The van der Waals surface area contributed by atoms with Crippen molar-refractivity contribution in [2.24, 2.45) is 0 Å². The summed E-state index contributed by atoms with van der Waals surface area (Å²) in [5.74, 6) is -0.0295. The predicted molar refractivity (Wildman–Crippen MR) is 84.2 cm³/mol. The molecule has 120 valence electrons. The van der Waals surface area contributed by atoms with Gasteiger partial charge in [0.05, 0.1) is 0 Å². The van der Waals surface area contributed by atoms with Crippen molar-refractivity contribution < 1.29 is 17.9 Å². The first-order chi connectivity index (χ1) is 11.0. The minimum atomic E-state index is -2.19. The van der Waals surface area contributed by atoms with Gasteiger partial charge in [0.2, 0.25) is 17.2 Å². The second-order valence-corrected chi connectivity index (χ2v) is 5.90. The Morgan fingerprint density at radius 3 is 2.91 bits per heavy atom. The van der Waals surface area contributed by atoms with Gasteiger partial charge in [-0.05, 0) is 29.7 Å². The molecule has 1 aromatic carbocycles. The molecule has 0 saturated heterocycles. The number of carbonyl (C=O) groups excluding carboxylic acids is 1. The van der Waals surface area contributed by atoms with Crippen LogP contribution < -0.4 is 10.0 Å². The van der Waals surface area contributed by atoms with Crippen LogP contribution in [0.1, 0.15) is 17.5 Å². The molecule has 0 saturated carbocycles. The Bertz CT molecular complexity index is 798. The Morgan fingerprint density at radius 1 is 1.35 bits per heavy atom. The fraction of sp³-hybridized carbons (Fsp3) is 0.200. The molecule has 3 rings (SSSR count). The van der Waals surface area contributed by atoms with E-state index in [4.69, 9.17) is 4.55 Å². The average Bonchev–Trinajstić information content (AvgIpc) is 2.52. The summed E-state index contributed by atoms with van der Waals surface area (Å²) in [5.41, 5.74) is 2.67. The summed E-state index contributed by atoms with van der Waals surface area (Å²) in [6.07, 6.45) is 2.50. The molecular formula is C15H14FN3O3S. The number of pyridine rings is 1. The van der Waals surface area contributed by atoms with E-state index >= 15 is 0 Å². The molecule has 0 fully saturated rings. The van der Waals surface area contributed by atoms with Crippen LogP contribution in [0.5, 0.6) is 0 Å². The van der Waals surface area contributed by atoms with Gasteiger partial charge < -0.3 is 5.32 Å². The summed E-state index contributed by atoms with van der Waals surface area (Å²) in [5, 5.41) is 2.71. The highest BCUT2D eigenvalue weighted by Gasteiger charge is 2.19. The van der Waals surface area contributed by atoms with Crippen LogP contribution in [0.3, 0.4) is 0 Å². The van der Waals surface area contributed by atoms with Crippen LogP contribution in [-0.4, -0.2) is 19.7 Å². The summed E-state index contributed by atoms with van der Waals surface area (Å²) in [6, 6.07) is 6.47. The molecule has 23 heavy (non-hydrogen) atoms. The van der Waals surface area contributed by atoms with Gasteiger partial charge in [-0.15, -0.1) is 0 Å². The fourth-order valence-corrected chi connectivity index (χ4v) is 2.83. The molecule has 0 aliphatic carbocycles. The molecule has 1 aromatic heterocycles. The average molecular weight is 335 g/mol. The molecule has 3 N–H and O–H groups in total. The summed E-state index contributed by atoms with van der Waals surface area (Å²) in [4.78, 5) is 15.6. The standard InChI is InChI=1S/C15H14FN3O3S/c16-13-7-9(1-2-10(13)8-18-23(21)22)11-5-6-17-15-12(11)3-4-14(20)19-15/h1-2,5-7,18H,3-4,8H2,(H,21,22)(H,17,19,20). The lowest BCUT2D eigenvalue weighted by molar-refractivity contribution is -0.116. The molecule has 2 heterocycles. The number of hydrogen-bond acceptors (Lipinski definition) is 3. The highest BCUT2D eigenvalue weighted by atomic mass is 32.2. The van der Waals surface area contributed by atoms with Gasteiger partial charge >= 0.3 is 0 Å². The van der Waals surface area contributed by atoms with Crippen LogP contribution in [0.15, 0.2) is 30.5 Å². The molecule has 1 aliphatic rings. The first-order valence-corrected chi connectivity index (χ1v) is 8.06. The minimum Gasteiger partial charge on any atom is -0.310 e. The number of nitrogens with one attached hydrogen (secondary N) is 2. The number of rotatable bonds is 4. The minimum absolute atomic E-state index is 0.0419. The number of anilines is 1. The van der Waals surface area contributed by atoms with E-state index in [1.807, 2.05) is 0 Å². The van der Waals surface area contributed by atoms with E-state index in [1.165, 1.54) is 6.07 Å². The van der Waals surface area contributed by atoms with Gasteiger partial charge in [0.1, 0.15) is 11.6 Å². The molecule has 2 aromatic rings. The molecule has 1 unspecified atom stereocenters. The lowest BCUT2D eigenvalue weighted by Crippen LogP contribution is -2.20. The normalized spacial score (nSPS) is 15.0. The predicted octanol–water partition coefficient (Wildman–Crippen LogP) is 2.00. The van der Waals surface area contributed by atoms with Gasteiger partial charge in [-0.3, -0.25) is 9.35 Å². The Morgan fingerprint density at radius 2 is 2.17 bits per heavy atom. The van der Waals surface area contributed by atoms with Crippen molar-refractivity contribution in [2.75, 3.05) is 5.32 Å². The summed E-state index contributed by atoms with van der Waals surface area (Å²) >= 11 is -2.19. The van der Waals surface area contributed by atoms with Gasteiger partial charge in [0, 0.05) is 30.3 Å². The van der Waals surface area contributed by atoms with E-state index in [9.17, 15) is 13.4 Å². The van der Waals surface area contributed by atoms with Crippen molar-refractivity contribution in [3.8, 4) is 11.1 Å². The number of nitrogens with zero attached hydrogens (tertiary/aromatic N) is 1. The lowest BCUT2D eigenvalue weighted by Gasteiger charge is -2.19. The number of aromatic nitrogens is 1. The third kappa shape index (κ3) is 3.44. The maximum atomic E-state index is 14.2. The Labute approximate surface area is 134 Å². The number of carbonyl (C=O) groups is 1. The van der Waals surface area contributed by atoms with Gasteiger partial charge in [0.25, 0.3) is 0 Å². The zero-order chi connectivity index (χ0) is 16.4. The molecule has 0 spiro atoms. The second-order valence-electron chi connectivity index (χ2n) is 5.11. The van der Waals surface area contributed by atoms with Crippen LogP contribution in [0, 0.1) is 5.82 Å². The Hall–Kier alpha value is -2.16. The number of fused-ring (bicyclic) bond motifs is 1. The fourth-order valence-electron chi connectivity index (χ4n) is 2.55. The molecule has 0 radical (unpaired) electrons. The Balaban J connectivity index is 1.94. The number of amides is 1. The van der Waals surface area contributed by atoms with E-state index in [-0.39, 0.29) is 12.5 Å². The molecule has 6 nitrogen and oxygen atoms in total. The van der Waals surface area contributed by atoms with Gasteiger partial charge in [-0.2, -0.15) is 0 Å². The molecule has 8 heteroatoms. The van der Waals surface area contributed by atoms with E-state index in [2.05, 4.69) is 15.0 Å². The summed E-state index contributed by atoms with van der Waals surface area (Å²) in [7, 11) is 0.